The monoisotopic (exact) mass is 528 g/mol. The number of hydrogen-bond donors (Lipinski definition) is 1. The summed E-state index contributed by atoms with van der Waals surface area (Å²) in [5, 5.41) is 9.44. The summed E-state index contributed by atoms with van der Waals surface area (Å²) in [5.74, 6) is -0.212. The van der Waals surface area contributed by atoms with Gasteiger partial charge in [0.25, 0.3) is 5.91 Å². The van der Waals surface area contributed by atoms with Crippen molar-refractivity contribution < 1.29 is 4.79 Å². The lowest BCUT2D eigenvalue weighted by Crippen LogP contribution is -2.44. The van der Waals surface area contributed by atoms with Crippen LogP contribution >= 0.6 is 39.1 Å². The Hall–Kier alpha value is -2.54. The van der Waals surface area contributed by atoms with E-state index in [1.165, 1.54) is 5.56 Å². The molecule has 0 fully saturated rings. The third kappa shape index (κ3) is 4.10. The van der Waals surface area contributed by atoms with E-state index in [1.807, 2.05) is 58.5 Å². The first-order valence-corrected chi connectivity index (χ1v) is 11.8. The number of halogens is 3. The number of hydrogen-bond acceptors (Lipinski definition) is 4. The van der Waals surface area contributed by atoms with Crippen molar-refractivity contribution in [2.75, 3.05) is 16.6 Å². The van der Waals surface area contributed by atoms with Crippen LogP contribution in [0.1, 0.15) is 23.6 Å². The highest BCUT2D eigenvalue weighted by Gasteiger charge is 2.34. The smallest absolute Gasteiger partial charge is 0.285 e. The third-order valence-electron chi connectivity index (χ3n) is 5.71. The van der Waals surface area contributed by atoms with Crippen molar-refractivity contribution in [2.45, 2.75) is 18.9 Å². The minimum Gasteiger partial charge on any atom is -0.285 e. The summed E-state index contributed by atoms with van der Waals surface area (Å²) in [7, 11) is 0. The van der Waals surface area contributed by atoms with Gasteiger partial charge in [0.05, 0.1) is 22.4 Å². The van der Waals surface area contributed by atoms with Gasteiger partial charge in [-0.15, -0.1) is 0 Å². The number of hydrazone groups is 1. The first-order valence-electron chi connectivity index (χ1n) is 10.2. The molecule has 5 rings (SSSR count). The van der Waals surface area contributed by atoms with Crippen LogP contribution in [0.5, 0.6) is 0 Å². The topological polar surface area (TPSA) is 47.9 Å². The molecule has 0 saturated heterocycles. The Morgan fingerprint density at radius 1 is 1.03 bits per heavy atom. The molecule has 32 heavy (non-hydrogen) atoms. The molecule has 3 aromatic rings. The summed E-state index contributed by atoms with van der Waals surface area (Å²) in [4.78, 5) is 13.2. The van der Waals surface area contributed by atoms with Crippen molar-refractivity contribution in [1.29, 1.82) is 0 Å². The predicted molar refractivity (Wildman–Crippen MR) is 134 cm³/mol. The quantitative estimate of drug-likeness (QED) is 0.440. The summed E-state index contributed by atoms with van der Waals surface area (Å²) in [6.07, 6.45) is 1.36. The van der Waals surface area contributed by atoms with Crippen molar-refractivity contribution >= 4 is 62.1 Å². The number of nitrogens with one attached hydrogen (secondary N) is 1. The van der Waals surface area contributed by atoms with E-state index < -0.39 is 0 Å². The van der Waals surface area contributed by atoms with Crippen LogP contribution in [0.3, 0.4) is 0 Å². The maximum absolute atomic E-state index is 13.2. The van der Waals surface area contributed by atoms with E-state index in [4.69, 9.17) is 28.3 Å². The second-order valence-corrected chi connectivity index (χ2v) is 9.49. The number of amides is 1. The molecule has 0 unspecified atom stereocenters. The van der Waals surface area contributed by atoms with Crippen molar-refractivity contribution in [2.24, 2.45) is 5.10 Å². The van der Waals surface area contributed by atoms with E-state index in [9.17, 15) is 4.79 Å². The molecule has 2 heterocycles. The Bertz CT molecular complexity index is 1210. The molecular weight excluding hydrogens is 511 g/mol. The standard InChI is InChI=1S/C24H19BrCl2N4O/c25-17-7-5-16(6-8-17)23-14-20(28-31(23)22-10-9-18(26)13-19(22)27)24(32)29-30-12-11-15-3-1-2-4-21(15)30/h1-10,13,23H,11-12,14H2,(H,29,32)/t23-/m1/s1. The second-order valence-electron chi connectivity index (χ2n) is 7.73. The molecule has 1 N–H and O–H groups in total. The van der Waals surface area contributed by atoms with Crippen LogP contribution in [0.4, 0.5) is 11.4 Å². The fourth-order valence-electron chi connectivity index (χ4n) is 4.12. The maximum atomic E-state index is 13.2. The molecule has 0 aromatic heterocycles. The minimum absolute atomic E-state index is 0.159. The number of rotatable bonds is 4. The SMILES string of the molecule is O=C(NN1CCc2ccccc21)C1=NN(c2ccc(Cl)cc2Cl)[C@@H](c2ccc(Br)cc2)C1. The molecule has 3 aromatic carbocycles. The Morgan fingerprint density at radius 3 is 2.59 bits per heavy atom. The number of carbonyl (C=O) groups is 1. The highest BCUT2D eigenvalue weighted by atomic mass is 79.9. The zero-order valence-electron chi connectivity index (χ0n) is 16.9. The normalized spacial score (nSPS) is 17.3. The average molecular weight is 530 g/mol. The Labute approximate surface area is 204 Å². The highest BCUT2D eigenvalue weighted by molar-refractivity contribution is 9.10. The van der Waals surface area contributed by atoms with E-state index in [1.54, 1.807) is 12.1 Å². The van der Waals surface area contributed by atoms with Crippen LogP contribution < -0.4 is 15.4 Å². The van der Waals surface area contributed by atoms with Gasteiger partial charge < -0.3 is 0 Å². The van der Waals surface area contributed by atoms with Gasteiger partial charge in [-0.05, 0) is 53.9 Å². The van der Waals surface area contributed by atoms with Crippen LogP contribution in [-0.2, 0) is 11.2 Å². The molecule has 2 aliphatic rings. The van der Waals surface area contributed by atoms with Gasteiger partial charge in [0, 0.05) is 22.5 Å². The molecule has 8 heteroatoms. The lowest BCUT2D eigenvalue weighted by Gasteiger charge is -2.25. The zero-order valence-corrected chi connectivity index (χ0v) is 20.0. The van der Waals surface area contributed by atoms with E-state index in [2.05, 4.69) is 27.4 Å². The highest BCUT2D eigenvalue weighted by Crippen LogP contribution is 2.40. The fraction of sp³-hybridized carbons (Fsp3) is 0.167. The lowest BCUT2D eigenvalue weighted by atomic mass is 10.0. The van der Waals surface area contributed by atoms with Crippen LogP contribution in [-0.4, -0.2) is 18.2 Å². The number of benzene rings is 3. The first kappa shape index (κ1) is 21.3. The zero-order chi connectivity index (χ0) is 22.2. The number of fused-ring (bicyclic) bond motifs is 1. The van der Waals surface area contributed by atoms with Crippen LogP contribution in [0.15, 0.2) is 76.3 Å². The molecule has 0 saturated carbocycles. The Balaban J connectivity index is 1.44. The van der Waals surface area contributed by atoms with Crippen molar-refractivity contribution in [3.8, 4) is 0 Å². The van der Waals surface area contributed by atoms with Crippen molar-refractivity contribution in [3.05, 3.63) is 92.4 Å². The van der Waals surface area contributed by atoms with Gasteiger partial charge in [0.15, 0.2) is 0 Å². The van der Waals surface area contributed by atoms with E-state index >= 15 is 0 Å². The van der Waals surface area contributed by atoms with Crippen LogP contribution in [0.2, 0.25) is 10.0 Å². The summed E-state index contributed by atoms with van der Waals surface area (Å²) < 4.78 is 0.988. The van der Waals surface area contributed by atoms with E-state index in [-0.39, 0.29) is 11.9 Å². The fourth-order valence-corrected chi connectivity index (χ4v) is 4.88. The molecular formula is C24H19BrCl2N4O. The molecule has 0 spiro atoms. The van der Waals surface area contributed by atoms with Gasteiger partial charge >= 0.3 is 0 Å². The maximum Gasteiger partial charge on any atom is 0.286 e. The van der Waals surface area contributed by atoms with Gasteiger partial charge in [-0.2, -0.15) is 5.10 Å². The van der Waals surface area contributed by atoms with E-state index in [0.717, 1.165) is 28.7 Å². The molecule has 1 amide bonds. The number of anilines is 2. The molecule has 1 atom stereocenters. The predicted octanol–water partition coefficient (Wildman–Crippen LogP) is 6.16. The summed E-state index contributed by atoms with van der Waals surface area (Å²) >= 11 is 16.1. The van der Waals surface area contributed by atoms with Crippen LogP contribution in [0.25, 0.3) is 0 Å². The third-order valence-corrected chi connectivity index (χ3v) is 6.77. The number of nitrogens with zero attached hydrogens (tertiary/aromatic N) is 3. The minimum atomic E-state index is -0.212. The lowest BCUT2D eigenvalue weighted by molar-refractivity contribution is -0.115. The van der Waals surface area contributed by atoms with Crippen LogP contribution in [0, 0.1) is 0 Å². The van der Waals surface area contributed by atoms with Crippen molar-refractivity contribution in [1.82, 2.24) is 5.43 Å². The summed E-state index contributed by atoms with van der Waals surface area (Å²) in [6, 6.07) is 21.2. The molecule has 162 valence electrons. The molecule has 0 aliphatic carbocycles. The average Bonchev–Trinajstić information content (AvgIpc) is 3.39. The second kappa shape index (κ2) is 8.77. The van der Waals surface area contributed by atoms with Gasteiger partial charge in [0.2, 0.25) is 0 Å². The molecule has 0 bridgehead atoms. The number of para-hydroxylation sites is 1. The van der Waals surface area contributed by atoms with Gasteiger partial charge in [-0.3, -0.25) is 20.2 Å². The molecule has 2 aliphatic heterocycles. The summed E-state index contributed by atoms with van der Waals surface area (Å²) in [6.45, 7) is 0.737. The Morgan fingerprint density at radius 2 is 1.81 bits per heavy atom. The van der Waals surface area contributed by atoms with Crippen molar-refractivity contribution in [3.63, 3.8) is 0 Å². The largest absolute Gasteiger partial charge is 0.286 e. The molecule has 0 radical (unpaired) electrons. The van der Waals surface area contributed by atoms with Gasteiger partial charge in [-0.25, -0.2) is 0 Å². The number of carbonyl (C=O) groups excluding carboxylic acids is 1. The van der Waals surface area contributed by atoms with Gasteiger partial charge in [-0.1, -0.05) is 69.5 Å². The molecule has 5 nitrogen and oxygen atoms in total. The number of hydrazine groups is 1. The first-order chi connectivity index (χ1) is 15.5. The van der Waals surface area contributed by atoms with E-state index in [0.29, 0.717) is 27.9 Å². The Kier molecular flexibility index (Phi) is 5.84. The van der Waals surface area contributed by atoms with Gasteiger partial charge in [0.1, 0.15) is 5.71 Å². The summed E-state index contributed by atoms with van der Waals surface area (Å²) in [5.41, 5.74) is 7.48.